The van der Waals surface area contributed by atoms with Gasteiger partial charge in [-0.05, 0) is 24.9 Å². The molecule has 0 amide bonds. The maximum absolute atomic E-state index is 5.12. The first-order chi connectivity index (χ1) is 12.3. The number of nitrogens with zero attached hydrogens (tertiary/aromatic N) is 5. The van der Waals surface area contributed by atoms with E-state index in [4.69, 9.17) is 4.52 Å². The minimum Gasteiger partial charge on any atom is -0.339 e. The lowest BCUT2D eigenvalue weighted by atomic mass is 10.00. The fourth-order valence-corrected chi connectivity index (χ4v) is 3.44. The van der Waals surface area contributed by atoms with Gasteiger partial charge >= 0.3 is 0 Å². The minimum absolute atomic E-state index is 0.382. The smallest absolute Gasteiger partial charge is 0.223 e. The van der Waals surface area contributed by atoms with Crippen molar-refractivity contribution in [2.45, 2.75) is 25.7 Å². The lowest BCUT2D eigenvalue weighted by Gasteiger charge is -2.16. The van der Waals surface area contributed by atoms with Crippen LogP contribution in [0.1, 0.15) is 29.5 Å². The van der Waals surface area contributed by atoms with Gasteiger partial charge in [0.2, 0.25) is 11.7 Å². The average molecular weight is 335 g/mol. The van der Waals surface area contributed by atoms with Gasteiger partial charge in [-0.2, -0.15) is 4.98 Å². The van der Waals surface area contributed by atoms with Crippen molar-refractivity contribution in [1.29, 1.82) is 0 Å². The van der Waals surface area contributed by atoms with Crippen molar-refractivity contribution in [3.8, 4) is 11.4 Å². The standard InChI is InChI=1S/C19H21N5O/c1-14-22-19(23-25-14)17-11-20-13-21-18(17)16-8-10-24(12-16)9-7-15-5-3-2-4-6-15/h2-6,11,13,16H,7-10,12H2,1H3/t16-/m0/s1. The van der Waals surface area contributed by atoms with E-state index < -0.39 is 0 Å². The Balaban J connectivity index is 1.45. The summed E-state index contributed by atoms with van der Waals surface area (Å²) in [7, 11) is 0. The quantitative estimate of drug-likeness (QED) is 0.714. The molecule has 3 heterocycles. The van der Waals surface area contributed by atoms with Gasteiger partial charge < -0.3 is 9.42 Å². The molecule has 4 rings (SSSR count). The third-order valence-electron chi connectivity index (χ3n) is 4.73. The van der Waals surface area contributed by atoms with E-state index >= 15 is 0 Å². The predicted octanol–water partition coefficient (Wildman–Crippen LogP) is 2.87. The van der Waals surface area contributed by atoms with Crippen molar-refractivity contribution in [2.24, 2.45) is 0 Å². The molecule has 0 bridgehead atoms. The molecule has 6 heteroatoms. The zero-order valence-corrected chi connectivity index (χ0v) is 14.3. The second-order valence-corrected chi connectivity index (χ2v) is 6.48. The van der Waals surface area contributed by atoms with Crippen LogP contribution in [0.3, 0.4) is 0 Å². The highest BCUT2D eigenvalue weighted by atomic mass is 16.5. The maximum Gasteiger partial charge on any atom is 0.223 e. The van der Waals surface area contributed by atoms with Crippen LogP contribution >= 0.6 is 0 Å². The molecule has 0 unspecified atom stereocenters. The monoisotopic (exact) mass is 335 g/mol. The molecule has 0 aliphatic carbocycles. The topological polar surface area (TPSA) is 67.9 Å². The van der Waals surface area contributed by atoms with Crippen LogP contribution in [0.5, 0.6) is 0 Å². The maximum atomic E-state index is 5.12. The highest BCUT2D eigenvalue weighted by molar-refractivity contribution is 5.57. The van der Waals surface area contributed by atoms with E-state index in [0.29, 0.717) is 17.6 Å². The van der Waals surface area contributed by atoms with E-state index in [-0.39, 0.29) is 0 Å². The van der Waals surface area contributed by atoms with Crippen molar-refractivity contribution in [1.82, 2.24) is 25.0 Å². The Labute approximate surface area is 146 Å². The summed E-state index contributed by atoms with van der Waals surface area (Å²) in [5.74, 6) is 1.52. The van der Waals surface area contributed by atoms with E-state index in [1.54, 1.807) is 19.4 Å². The minimum atomic E-state index is 0.382. The summed E-state index contributed by atoms with van der Waals surface area (Å²) in [4.78, 5) is 15.5. The second kappa shape index (κ2) is 7.11. The Morgan fingerprint density at radius 1 is 1.24 bits per heavy atom. The second-order valence-electron chi connectivity index (χ2n) is 6.48. The van der Waals surface area contributed by atoms with E-state index in [2.05, 4.69) is 55.3 Å². The van der Waals surface area contributed by atoms with E-state index in [1.165, 1.54) is 5.56 Å². The number of rotatable bonds is 5. The van der Waals surface area contributed by atoms with Gasteiger partial charge in [-0.1, -0.05) is 35.5 Å². The molecule has 0 radical (unpaired) electrons. The third-order valence-corrected chi connectivity index (χ3v) is 4.73. The summed E-state index contributed by atoms with van der Waals surface area (Å²) in [6, 6.07) is 10.6. The zero-order chi connectivity index (χ0) is 17.1. The largest absolute Gasteiger partial charge is 0.339 e. The molecule has 1 aliphatic heterocycles. The van der Waals surface area contributed by atoms with Gasteiger partial charge in [-0.25, -0.2) is 9.97 Å². The molecule has 0 spiro atoms. The fourth-order valence-electron chi connectivity index (χ4n) is 3.44. The lowest BCUT2D eigenvalue weighted by Crippen LogP contribution is -2.23. The number of aryl methyl sites for hydroxylation is 1. The third kappa shape index (κ3) is 3.58. The number of likely N-dealkylation sites (tertiary alicyclic amines) is 1. The van der Waals surface area contributed by atoms with Crippen LogP contribution in [0.2, 0.25) is 0 Å². The highest BCUT2D eigenvalue weighted by Gasteiger charge is 2.28. The molecule has 1 aromatic carbocycles. The first kappa shape index (κ1) is 15.9. The Hall–Kier alpha value is -2.60. The molecule has 3 aromatic rings. The average Bonchev–Trinajstić information content (AvgIpc) is 3.30. The van der Waals surface area contributed by atoms with Gasteiger partial charge in [-0.3, -0.25) is 0 Å². The van der Waals surface area contributed by atoms with Crippen LogP contribution in [-0.2, 0) is 6.42 Å². The SMILES string of the molecule is Cc1nc(-c2cncnc2[C@H]2CCN(CCc3ccccc3)C2)no1. The molecule has 0 saturated carbocycles. The van der Waals surface area contributed by atoms with Crippen molar-refractivity contribution >= 4 is 0 Å². The van der Waals surface area contributed by atoms with Gasteiger partial charge in [0.1, 0.15) is 6.33 Å². The van der Waals surface area contributed by atoms with Crippen LogP contribution < -0.4 is 0 Å². The number of hydrogen-bond acceptors (Lipinski definition) is 6. The summed E-state index contributed by atoms with van der Waals surface area (Å²) in [6.45, 7) is 4.96. The van der Waals surface area contributed by atoms with Crippen molar-refractivity contribution < 1.29 is 4.52 Å². The molecular weight excluding hydrogens is 314 g/mol. The molecule has 1 saturated heterocycles. The van der Waals surface area contributed by atoms with E-state index in [1.807, 2.05) is 0 Å². The first-order valence-corrected chi connectivity index (χ1v) is 8.66. The normalized spacial score (nSPS) is 17.9. The van der Waals surface area contributed by atoms with Crippen LogP contribution in [0.4, 0.5) is 0 Å². The summed E-state index contributed by atoms with van der Waals surface area (Å²) >= 11 is 0. The van der Waals surface area contributed by atoms with Crippen LogP contribution in [0, 0.1) is 6.92 Å². The summed E-state index contributed by atoms with van der Waals surface area (Å²) in [5, 5.41) is 4.03. The summed E-state index contributed by atoms with van der Waals surface area (Å²) in [6.07, 6.45) is 5.57. The van der Waals surface area contributed by atoms with E-state index in [0.717, 1.165) is 43.7 Å². The zero-order valence-electron chi connectivity index (χ0n) is 14.3. The molecule has 0 N–H and O–H groups in total. The highest BCUT2D eigenvalue weighted by Crippen LogP contribution is 2.31. The lowest BCUT2D eigenvalue weighted by molar-refractivity contribution is 0.338. The Bertz CT molecular complexity index is 833. The van der Waals surface area contributed by atoms with Gasteiger partial charge in [0.25, 0.3) is 0 Å². The van der Waals surface area contributed by atoms with Gasteiger partial charge in [0.15, 0.2) is 0 Å². The van der Waals surface area contributed by atoms with Crippen molar-refractivity contribution in [2.75, 3.05) is 19.6 Å². The van der Waals surface area contributed by atoms with E-state index in [9.17, 15) is 0 Å². The van der Waals surface area contributed by atoms with Gasteiger partial charge in [-0.15, -0.1) is 0 Å². The summed E-state index contributed by atoms with van der Waals surface area (Å²) < 4.78 is 5.12. The van der Waals surface area contributed by atoms with Gasteiger partial charge in [0, 0.05) is 32.1 Å². The Morgan fingerprint density at radius 2 is 2.12 bits per heavy atom. The molecule has 1 fully saturated rings. The van der Waals surface area contributed by atoms with Crippen LogP contribution in [0.15, 0.2) is 47.4 Å². The molecule has 6 nitrogen and oxygen atoms in total. The summed E-state index contributed by atoms with van der Waals surface area (Å²) in [5.41, 5.74) is 3.29. The fraction of sp³-hybridized carbons (Fsp3) is 0.368. The molecule has 25 heavy (non-hydrogen) atoms. The number of hydrogen-bond donors (Lipinski definition) is 0. The molecule has 128 valence electrons. The number of aromatic nitrogens is 4. The van der Waals surface area contributed by atoms with Crippen LogP contribution in [0.25, 0.3) is 11.4 Å². The first-order valence-electron chi connectivity index (χ1n) is 8.66. The van der Waals surface area contributed by atoms with Crippen molar-refractivity contribution in [3.63, 3.8) is 0 Å². The van der Waals surface area contributed by atoms with Crippen molar-refractivity contribution in [3.05, 3.63) is 60.0 Å². The predicted molar refractivity (Wildman–Crippen MR) is 94.0 cm³/mol. The molecule has 2 aromatic heterocycles. The molecule has 1 aliphatic rings. The molecule has 1 atom stereocenters. The Morgan fingerprint density at radius 3 is 2.92 bits per heavy atom. The van der Waals surface area contributed by atoms with Gasteiger partial charge in [0.05, 0.1) is 11.3 Å². The van der Waals surface area contributed by atoms with Crippen LogP contribution in [-0.4, -0.2) is 44.6 Å². The Kier molecular flexibility index (Phi) is 4.52. The number of benzene rings is 1. The molecular formula is C19H21N5O.